The average Bonchev–Trinajstić information content (AvgIpc) is 2.96. The normalized spacial score (nSPS) is 10.2. The molecule has 0 radical (unpaired) electrons. The third-order valence-corrected chi connectivity index (χ3v) is 2.76. The zero-order valence-electron chi connectivity index (χ0n) is 11.5. The molecule has 1 aromatic heterocycles. The number of carbonyl (C=O) groups excluding carboxylic acids is 2. The summed E-state index contributed by atoms with van der Waals surface area (Å²) in [6.45, 7) is 0.923. The molecule has 0 bridgehead atoms. The summed E-state index contributed by atoms with van der Waals surface area (Å²) in [5.74, 6) is -0.552. The molecule has 0 aliphatic rings. The molecule has 0 atom stereocenters. The number of nitrogens with one attached hydrogen (secondary N) is 2. The molecule has 0 unspecified atom stereocenters. The van der Waals surface area contributed by atoms with Crippen LogP contribution >= 0.6 is 0 Å². The molecule has 2 rings (SSSR count). The fourth-order valence-electron chi connectivity index (χ4n) is 1.69. The molecule has 21 heavy (non-hydrogen) atoms. The van der Waals surface area contributed by atoms with Crippen LogP contribution in [-0.2, 0) is 6.54 Å². The first-order valence-electron chi connectivity index (χ1n) is 6.37. The predicted molar refractivity (Wildman–Crippen MR) is 76.9 cm³/mol. The van der Waals surface area contributed by atoms with E-state index >= 15 is 0 Å². The maximum atomic E-state index is 12.0. The number of benzene rings is 1. The molecule has 1 aromatic carbocycles. The van der Waals surface area contributed by atoms with Crippen LogP contribution in [0.5, 0.6) is 0 Å². The molecule has 0 fully saturated rings. The Kier molecular flexibility index (Phi) is 4.62. The average molecular weight is 288 g/mol. The number of carbonyl (C=O) groups is 2. The van der Waals surface area contributed by atoms with Gasteiger partial charge in [-0.25, -0.2) is 0 Å². The van der Waals surface area contributed by atoms with Gasteiger partial charge in [0.1, 0.15) is 0 Å². The minimum absolute atomic E-state index is 0.183. The van der Waals surface area contributed by atoms with Crippen molar-refractivity contribution in [3.8, 4) is 0 Å². The molecule has 8 nitrogen and oxygen atoms in total. The lowest BCUT2D eigenvalue weighted by atomic mass is 10.2. The molecule has 2 aromatic rings. The van der Waals surface area contributed by atoms with E-state index in [1.165, 1.54) is 10.9 Å². The molecule has 0 spiro atoms. The lowest BCUT2D eigenvalue weighted by Gasteiger charge is -2.04. The first-order valence-corrected chi connectivity index (χ1v) is 6.37. The lowest BCUT2D eigenvalue weighted by molar-refractivity contribution is 0.0962. The van der Waals surface area contributed by atoms with E-state index in [1.807, 2.05) is 0 Å². The molecule has 0 saturated heterocycles. The summed E-state index contributed by atoms with van der Waals surface area (Å²) in [5, 5.41) is 12.8. The Morgan fingerprint density at radius 1 is 1.24 bits per heavy atom. The van der Waals surface area contributed by atoms with Crippen molar-refractivity contribution in [3.63, 3.8) is 0 Å². The van der Waals surface area contributed by atoms with Crippen molar-refractivity contribution in [1.82, 2.24) is 20.3 Å². The third kappa shape index (κ3) is 3.63. The highest BCUT2D eigenvalue weighted by Gasteiger charge is 2.11. The van der Waals surface area contributed by atoms with Crippen LogP contribution in [0.3, 0.4) is 0 Å². The number of hydrogen-bond donors (Lipinski definition) is 3. The molecule has 0 aliphatic carbocycles. The highest BCUT2D eigenvalue weighted by molar-refractivity contribution is 6.03. The molecule has 2 amide bonds. The summed E-state index contributed by atoms with van der Waals surface area (Å²) in [4.78, 5) is 23.4. The Hall–Kier alpha value is -2.74. The number of aromatic nitrogens is 3. The zero-order chi connectivity index (χ0) is 15.2. The minimum Gasteiger partial charge on any atom is -0.355 e. The van der Waals surface area contributed by atoms with E-state index in [9.17, 15) is 9.59 Å². The summed E-state index contributed by atoms with van der Waals surface area (Å²) in [5.41, 5.74) is 6.69. The van der Waals surface area contributed by atoms with E-state index < -0.39 is 0 Å². The van der Waals surface area contributed by atoms with Crippen LogP contribution < -0.4 is 16.4 Å². The molecular weight excluding hydrogens is 272 g/mol. The number of nitrogens with zero attached hydrogens (tertiary/aromatic N) is 3. The summed E-state index contributed by atoms with van der Waals surface area (Å²) < 4.78 is 1.50. The Bertz CT molecular complexity index is 634. The van der Waals surface area contributed by atoms with Crippen molar-refractivity contribution in [1.29, 1.82) is 0 Å². The van der Waals surface area contributed by atoms with E-state index in [0.717, 1.165) is 0 Å². The summed E-state index contributed by atoms with van der Waals surface area (Å²) in [6, 6.07) is 6.54. The van der Waals surface area contributed by atoms with E-state index in [4.69, 9.17) is 5.73 Å². The Morgan fingerprint density at radius 3 is 2.57 bits per heavy atom. The van der Waals surface area contributed by atoms with Gasteiger partial charge in [-0.15, -0.1) is 5.10 Å². The van der Waals surface area contributed by atoms with Crippen molar-refractivity contribution in [3.05, 3.63) is 41.7 Å². The highest BCUT2D eigenvalue weighted by Crippen LogP contribution is 2.10. The molecule has 1 heterocycles. The van der Waals surface area contributed by atoms with E-state index in [1.54, 1.807) is 31.3 Å². The van der Waals surface area contributed by atoms with Crippen LogP contribution in [0.4, 0.5) is 5.69 Å². The second kappa shape index (κ2) is 6.62. The van der Waals surface area contributed by atoms with E-state index in [-0.39, 0.29) is 17.5 Å². The standard InChI is InChI=1S/C13H16N6O2/c1-15-12(20)9-2-4-10(5-3-9)16-13(21)11-8-19(7-6-14)18-17-11/h2-5,8H,6-7,14H2,1H3,(H,15,20)(H,16,21). The molecule has 8 heteroatoms. The van der Waals surface area contributed by atoms with Gasteiger partial charge in [0.25, 0.3) is 11.8 Å². The van der Waals surface area contributed by atoms with Gasteiger partial charge in [-0.1, -0.05) is 5.21 Å². The number of nitrogens with two attached hydrogens (primary N) is 1. The predicted octanol–water partition coefficient (Wildman–Crippen LogP) is -0.151. The number of anilines is 1. The summed E-state index contributed by atoms with van der Waals surface area (Å²) in [7, 11) is 1.56. The van der Waals surface area contributed by atoms with Gasteiger partial charge >= 0.3 is 0 Å². The highest BCUT2D eigenvalue weighted by atomic mass is 16.2. The first kappa shape index (κ1) is 14.7. The Balaban J connectivity index is 2.03. The van der Waals surface area contributed by atoms with Crippen LogP contribution in [0.1, 0.15) is 20.8 Å². The second-order valence-corrected chi connectivity index (χ2v) is 4.27. The van der Waals surface area contributed by atoms with Crippen LogP contribution in [0.15, 0.2) is 30.5 Å². The van der Waals surface area contributed by atoms with Gasteiger partial charge in [0.15, 0.2) is 5.69 Å². The van der Waals surface area contributed by atoms with Crippen LogP contribution in [-0.4, -0.2) is 40.4 Å². The van der Waals surface area contributed by atoms with Crippen LogP contribution in [0.2, 0.25) is 0 Å². The van der Waals surface area contributed by atoms with E-state index in [0.29, 0.717) is 24.3 Å². The maximum absolute atomic E-state index is 12.0. The van der Waals surface area contributed by atoms with Crippen LogP contribution in [0, 0.1) is 0 Å². The minimum atomic E-state index is -0.369. The summed E-state index contributed by atoms with van der Waals surface area (Å²) >= 11 is 0. The molecule has 0 aliphatic heterocycles. The number of rotatable bonds is 5. The fourth-order valence-corrected chi connectivity index (χ4v) is 1.69. The smallest absolute Gasteiger partial charge is 0.277 e. The van der Waals surface area contributed by atoms with Crippen molar-refractivity contribution < 1.29 is 9.59 Å². The zero-order valence-corrected chi connectivity index (χ0v) is 11.5. The fraction of sp³-hybridized carbons (Fsp3) is 0.231. The second-order valence-electron chi connectivity index (χ2n) is 4.27. The molecule has 0 saturated carbocycles. The first-order chi connectivity index (χ1) is 10.1. The molecular formula is C13H16N6O2. The molecule has 110 valence electrons. The van der Waals surface area contributed by atoms with Gasteiger partial charge in [0.2, 0.25) is 0 Å². The maximum Gasteiger partial charge on any atom is 0.277 e. The van der Waals surface area contributed by atoms with Gasteiger partial charge in [-0.05, 0) is 24.3 Å². The van der Waals surface area contributed by atoms with E-state index in [2.05, 4.69) is 20.9 Å². The van der Waals surface area contributed by atoms with Crippen molar-refractivity contribution in [2.75, 3.05) is 18.9 Å². The number of amides is 2. The van der Waals surface area contributed by atoms with Crippen molar-refractivity contribution in [2.45, 2.75) is 6.54 Å². The number of hydrogen-bond acceptors (Lipinski definition) is 5. The SMILES string of the molecule is CNC(=O)c1ccc(NC(=O)c2cn(CCN)nn2)cc1. The quantitative estimate of drug-likeness (QED) is 0.707. The van der Waals surface area contributed by atoms with Crippen molar-refractivity contribution >= 4 is 17.5 Å². The van der Waals surface area contributed by atoms with Crippen LogP contribution in [0.25, 0.3) is 0 Å². The monoisotopic (exact) mass is 288 g/mol. The van der Waals surface area contributed by atoms with Crippen molar-refractivity contribution in [2.24, 2.45) is 5.73 Å². The van der Waals surface area contributed by atoms with Gasteiger partial charge in [-0.2, -0.15) is 0 Å². The summed E-state index contributed by atoms with van der Waals surface area (Å²) in [6.07, 6.45) is 1.53. The molecule has 4 N–H and O–H groups in total. The van der Waals surface area contributed by atoms with Gasteiger partial charge in [-0.3, -0.25) is 14.3 Å². The Morgan fingerprint density at radius 2 is 1.95 bits per heavy atom. The largest absolute Gasteiger partial charge is 0.355 e. The van der Waals surface area contributed by atoms with Gasteiger partial charge < -0.3 is 16.4 Å². The lowest BCUT2D eigenvalue weighted by Crippen LogP contribution is -2.18. The van der Waals surface area contributed by atoms with Gasteiger partial charge in [0.05, 0.1) is 12.7 Å². The Labute approximate surface area is 121 Å². The topological polar surface area (TPSA) is 115 Å². The third-order valence-electron chi connectivity index (χ3n) is 2.76. The van der Waals surface area contributed by atoms with Gasteiger partial charge in [0, 0.05) is 24.8 Å².